The van der Waals surface area contributed by atoms with Crippen molar-refractivity contribution in [2.24, 2.45) is 0 Å². The van der Waals surface area contributed by atoms with Crippen LogP contribution in [0.15, 0.2) is 23.4 Å². The molecule has 0 amide bonds. The maximum atomic E-state index is 4.47. The fraction of sp³-hybridized carbons (Fsp3) is 0.615. The number of aromatic nitrogens is 1. The van der Waals surface area contributed by atoms with Gasteiger partial charge in [-0.2, -0.15) is 0 Å². The van der Waals surface area contributed by atoms with Crippen LogP contribution in [0.2, 0.25) is 0 Å². The molecule has 2 nitrogen and oxygen atoms in total. The predicted octanol–water partition coefficient (Wildman–Crippen LogP) is 3.23. The summed E-state index contributed by atoms with van der Waals surface area (Å²) >= 11 is 1.89. The van der Waals surface area contributed by atoms with Gasteiger partial charge in [0.15, 0.2) is 0 Å². The normalized spacial score (nSPS) is 15.3. The van der Waals surface area contributed by atoms with Crippen LogP contribution in [0.1, 0.15) is 38.2 Å². The molecule has 0 radical (unpaired) electrons. The SMILES string of the molecule is CCCCSc1ncccc1CNC1CC1. The molecule has 1 aliphatic carbocycles. The van der Waals surface area contributed by atoms with Gasteiger partial charge in [-0.1, -0.05) is 19.4 Å². The minimum atomic E-state index is 0.772. The summed E-state index contributed by atoms with van der Waals surface area (Å²) in [6.45, 7) is 3.21. The molecule has 1 N–H and O–H groups in total. The van der Waals surface area contributed by atoms with Crippen molar-refractivity contribution >= 4 is 11.8 Å². The van der Waals surface area contributed by atoms with E-state index in [0.29, 0.717) is 0 Å². The molecule has 0 saturated heterocycles. The summed E-state index contributed by atoms with van der Waals surface area (Å²) in [4.78, 5) is 4.47. The molecule has 0 aliphatic heterocycles. The lowest BCUT2D eigenvalue weighted by Crippen LogP contribution is -2.16. The minimum Gasteiger partial charge on any atom is -0.310 e. The van der Waals surface area contributed by atoms with Crippen LogP contribution >= 0.6 is 11.8 Å². The lowest BCUT2D eigenvalue weighted by Gasteiger charge is -2.08. The first-order valence-corrected chi connectivity index (χ1v) is 7.18. The number of hydrogen-bond acceptors (Lipinski definition) is 3. The molecule has 1 heterocycles. The van der Waals surface area contributed by atoms with Crippen molar-refractivity contribution in [1.82, 2.24) is 10.3 Å². The summed E-state index contributed by atoms with van der Waals surface area (Å²) < 4.78 is 0. The van der Waals surface area contributed by atoms with Gasteiger partial charge in [-0.3, -0.25) is 0 Å². The number of unbranched alkanes of at least 4 members (excludes halogenated alkanes) is 1. The van der Waals surface area contributed by atoms with Gasteiger partial charge in [0.1, 0.15) is 5.03 Å². The van der Waals surface area contributed by atoms with Crippen molar-refractivity contribution < 1.29 is 0 Å². The van der Waals surface area contributed by atoms with Gasteiger partial charge < -0.3 is 5.32 Å². The molecule has 2 rings (SSSR count). The van der Waals surface area contributed by atoms with Crippen LogP contribution in [0.3, 0.4) is 0 Å². The second kappa shape index (κ2) is 6.26. The summed E-state index contributed by atoms with van der Waals surface area (Å²) in [7, 11) is 0. The lowest BCUT2D eigenvalue weighted by molar-refractivity contribution is 0.675. The Bertz CT molecular complexity index is 323. The van der Waals surface area contributed by atoms with E-state index < -0.39 is 0 Å². The second-order valence-electron chi connectivity index (χ2n) is 4.32. The third-order valence-corrected chi connectivity index (χ3v) is 3.88. The standard InChI is InChI=1S/C13H20N2S/c1-2-3-9-16-13-11(5-4-8-14-13)10-15-12-6-7-12/h4-5,8,12,15H,2-3,6-7,9-10H2,1H3. The average molecular weight is 236 g/mol. The molecular weight excluding hydrogens is 216 g/mol. The Hall–Kier alpha value is -0.540. The van der Waals surface area contributed by atoms with Crippen LogP contribution in [0.5, 0.6) is 0 Å². The van der Waals surface area contributed by atoms with Gasteiger partial charge in [-0.05, 0) is 36.6 Å². The number of thioether (sulfide) groups is 1. The lowest BCUT2D eigenvalue weighted by atomic mass is 10.3. The zero-order valence-corrected chi connectivity index (χ0v) is 10.7. The monoisotopic (exact) mass is 236 g/mol. The highest BCUT2D eigenvalue weighted by molar-refractivity contribution is 7.99. The molecule has 88 valence electrons. The molecule has 0 aromatic carbocycles. The zero-order valence-electron chi connectivity index (χ0n) is 9.91. The van der Waals surface area contributed by atoms with Crippen molar-refractivity contribution in [3.05, 3.63) is 23.9 Å². The van der Waals surface area contributed by atoms with Crippen molar-refractivity contribution in [2.75, 3.05) is 5.75 Å². The van der Waals surface area contributed by atoms with E-state index in [-0.39, 0.29) is 0 Å². The zero-order chi connectivity index (χ0) is 11.2. The third kappa shape index (κ3) is 3.80. The topological polar surface area (TPSA) is 24.9 Å². The number of pyridine rings is 1. The van der Waals surface area contributed by atoms with Crippen molar-refractivity contribution in [1.29, 1.82) is 0 Å². The van der Waals surface area contributed by atoms with Crippen molar-refractivity contribution in [3.63, 3.8) is 0 Å². The largest absolute Gasteiger partial charge is 0.310 e. The molecule has 1 aliphatic rings. The maximum Gasteiger partial charge on any atom is 0.100 e. The quantitative estimate of drug-likeness (QED) is 0.581. The first-order chi connectivity index (χ1) is 7.90. The van der Waals surface area contributed by atoms with E-state index in [1.165, 1.54) is 42.0 Å². The van der Waals surface area contributed by atoms with Crippen molar-refractivity contribution in [3.8, 4) is 0 Å². The van der Waals surface area contributed by atoms with Crippen molar-refractivity contribution in [2.45, 2.75) is 50.2 Å². The number of hydrogen-bond donors (Lipinski definition) is 1. The number of nitrogens with zero attached hydrogens (tertiary/aromatic N) is 1. The Balaban J connectivity index is 1.87. The number of rotatable bonds is 7. The second-order valence-corrected chi connectivity index (χ2v) is 5.41. The summed E-state index contributed by atoms with van der Waals surface area (Å²) in [5, 5.41) is 4.76. The van der Waals surface area contributed by atoms with Gasteiger partial charge in [0, 0.05) is 18.8 Å². The van der Waals surface area contributed by atoms with E-state index in [2.05, 4.69) is 23.3 Å². The minimum absolute atomic E-state index is 0.772. The molecule has 16 heavy (non-hydrogen) atoms. The van der Waals surface area contributed by atoms with Crippen LogP contribution in [0, 0.1) is 0 Å². The van der Waals surface area contributed by atoms with E-state index in [1.807, 2.05) is 24.0 Å². The third-order valence-electron chi connectivity index (χ3n) is 2.75. The molecule has 0 spiro atoms. The summed E-state index contributed by atoms with van der Waals surface area (Å²) in [6.07, 6.45) is 7.12. The van der Waals surface area contributed by atoms with Gasteiger partial charge in [-0.15, -0.1) is 11.8 Å². The molecule has 3 heteroatoms. The predicted molar refractivity (Wildman–Crippen MR) is 69.7 cm³/mol. The highest BCUT2D eigenvalue weighted by Gasteiger charge is 2.20. The summed E-state index contributed by atoms with van der Waals surface area (Å²) in [5.74, 6) is 1.18. The molecule has 1 saturated carbocycles. The van der Waals surface area contributed by atoms with Crippen LogP contribution in [-0.2, 0) is 6.54 Å². The Morgan fingerprint density at radius 1 is 1.50 bits per heavy atom. The van der Waals surface area contributed by atoms with Crippen LogP contribution in [0.4, 0.5) is 0 Å². The van der Waals surface area contributed by atoms with Gasteiger partial charge in [0.05, 0.1) is 0 Å². The molecule has 0 atom stereocenters. The Labute approximate surface area is 102 Å². The van der Waals surface area contributed by atoms with E-state index in [9.17, 15) is 0 Å². The van der Waals surface area contributed by atoms with E-state index in [1.54, 1.807) is 0 Å². The van der Waals surface area contributed by atoms with Gasteiger partial charge in [0.25, 0.3) is 0 Å². The van der Waals surface area contributed by atoms with Gasteiger partial charge in [-0.25, -0.2) is 4.98 Å². The van der Waals surface area contributed by atoms with E-state index in [0.717, 1.165) is 12.6 Å². The van der Waals surface area contributed by atoms with Crippen LogP contribution in [0.25, 0.3) is 0 Å². The van der Waals surface area contributed by atoms with E-state index >= 15 is 0 Å². The molecule has 1 aromatic rings. The van der Waals surface area contributed by atoms with Gasteiger partial charge >= 0.3 is 0 Å². The molecular formula is C13H20N2S. The van der Waals surface area contributed by atoms with E-state index in [4.69, 9.17) is 0 Å². The number of nitrogens with one attached hydrogen (secondary N) is 1. The first kappa shape index (κ1) is 11.9. The smallest absolute Gasteiger partial charge is 0.100 e. The Morgan fingerprint density at radius 2 is 2.38 bits per heavy atom. The van der Waals surface area contributed by atoms with Crippen LogP contribution in [-0.4, -0.2) is 16.8 Å². The van der Waals surface area contributed by atoms with Crippen LogP contribution < -0.4 is 5.32 Å². The fourth-order valence-electron chi connectivity index (χ4n) is 1.54. The Kier molecular flexibility index (Phi) is 4.67. The highest BCUT2D eigenvalue weighted by Crippen LogP contribution is 2.23. The molecule has 1 aromatic heterocycles. The molecule has 0 bridgehead atoms. The fourth-order valence-corrected chi connectivity index (χ4v) is 2.63. The first-order valence-electron chi connectivity index (χ1n) is 6.20. The molecule has 1 fully saturated rings. The summed E-state index contributed by atoms with van der Waals surface area (Å²) in [5.41, 5.74) is 1.36. The summed E-state index contributed by atoms with van der Waals surface area (Å²) in [6, 6.07) is 5.00. The average Bonchev–Trinajstić information content (AvgIpc) is 3.12. The molecule has 0 unspecified atom stereocenters. The Morgan fingerprint density at radius 3 is 3.12 bits per heavy atom. The maximum absolute atomic E-state index is 4.47. The van der Waals surface area contributed by atoms with Gasteiger partial charge in [0.2, 0.25) is 0 Å². The highest BCUT2D eigenvalue weighted by atomic mass is 32.2.